The summed E-state index contributed by atoms with van der Waals surface area (Å²) < 4.78 is 0. The number of piperidine rings is 1. The Morgan fingerprint density at radius 2 is 2.11 bits per heavy atom. The van der Waals surface area contributed by atoms with Gasteiger partial charge in [0.05, 0.1) is 17.5 Å². The van der Waals surface area contributed by atoms with Gasteiger partial charge < -0.3 is 20.9 Å². The molecule has 0 spiro atoms. The minimum Gasteiger partial charge on any atom is -0.409 e. The van der Waals surface area contributed by atoms with Crippen LogP contribution in [0.25, 0.3) is 0 Å². The zero-order valence-corrected chi connectivity index (χ0v) is 10.4. The molecule has 0 aromatic carbocycles. The maximum absolute atomic E-state index is 9.89. The first-order valence-electron chi connectivity index (χ1n) is 5.93. The van der Waals surface area contributed by atoms with Crippen molar-refractivity contribution in [3.63, 3.8) is 0 Å². The number of nitrogens with zero attached hydrogens (tertiary/aromatic N) is 3. The molecule has 1 aromatic heterocycles. The summed E-state index contributed by atoms with van der Waals surface area (Å²) in [5, 5.41) is 21.3. The second-order valence-electron chi connectivity index (χ2n) is 4.87. The van der Waals surface area contributed by atoms with E-state index in [2.05, 4.69) is 15.0 Å². The molecule has 1 saturated heterocycles. The van der Waals surface area contributed by atoms with Gasteiger partial charge in [-0.05, 0) is 31.9 Å². The second kappa shape index (κ2) is 4.81. The van der Waals surface area contributed by atoms with E-state index >= 15 is 0 Å². The minimum atomic E-state index is -0.558. The third-order valence-corrected chi connectivity index (χ3v) is 3.32. The summed E-state index contributed by atoms with van der Waals surface area (Å²) in [5.41, 5.74) is 6.33. The van der Waals surface area contributed by atoms with E-state index in [0.717, 1.165) is 31.6 Å². The molecule has 1 fully saturated rings. The highest BCUT2D eigenvalue weighted by atomic mass is 16.4. The zero-order valence-electron chi connectivity index (χ0n) is 10.4. The van der Waals surface area contributed by atoms with Crippen molar-refractivity contribution >= 4 is 11.5 Å². The SMILES string of the molecule is CC1(O)CCN(c2ccc(/C(N)=N/O)nc2)CC1. The smallest absolute Gasteiger partial charge is 0.188 e. The molecular formula is C12H18N4O2. The van der Waals surface area contributed by atoms with Crippen LogP contribution >= 0.6 is 0 Å². The van der Waals surface area contributed by atoms with E-state index in [9.17, 15) is 5.11 Å². The Balaban J connectivity index is 2.07. The van der Waals surface area contributed by atoms with E-state index in [1.54, 1.807) is 12.3 Å². The molecule has 98 valence electrons. The van der Waals surface area contributed by atoms with Crippen molar-refractivity contribution in [2.45, 2.75) is 25.4 Å². The topological polar surface area (TPSA) is 95.0 Å². The summed E-state index contributed by atoms with van der Waals surface area (Å²) in [4.78, 5) is 6.31. The summed E-state index contributed by atoms with van der Waals surface area (Å²) in [6.07, 6.45) is 3.19. The molecule has 6 nitrogen and oxygen atoms in total. The Hall–Kier alpha value is -1.82. The van der Waals surface area contributed by atoms with Gasteiger partial charge in [-0.1, -0.05) is 5.16 Å². The van der Waals surface area contributed by atoms with Crippen molar-refractivity contribution in [1.82, 2.24) is 4.98 Å². The van der Waals surface area contributed by atoms with Crippen LogP contribution in [-0.4, -0.2) is 39.8 Å². The number of nitrogens with two attached hydrogens (primary N) is 1. The van der Waals surface area contributed by atoms with Crippen molar-refractivity contribution < 1.29 is 10.3 Å². The van der Waals surface area contributed by atoms with Crippen LogP contribution in [0.2, 0.25) is 0 Å². The molecule has 2 rings (SSSR count). The number of oxime groups is 1. The number of anilines is 1. The maximum atomic E-state index is 9.89. The highest BCUT2D eigenvalue weighted by Crippen LogP contribution is 2.25. The van der Waals surface area contributed by atoms with Gasteiger partial charge in [0.15, 0.2) is 5.84 Å². The zero-order chi connectivity index (χ0) is 13.2. The molecule has 0 radical (unpaired) electrons. The molecule has 0 bridgehead atoms. The molecule has 1 aromatic rings. The summed E-state index contributed by atoms with van der Waals surface area (Å²) in [6.45, 7) is 3.47. The third kappa shape index (κ3) is 2.70. The minimum absolute atomic E-state index is 0.00290. The summed E-state index contributed by atoms with van der Waals surface area (Å²) in [5.74, 6) is 0.00290. The molecule has 0 saturated carbocycles. The first-order valence-corrected chi connectivity index (χ1v) is 5.93. The van der Waals surface area contributed by atoms with Crippen LogP contribution in [0.3, 0.4) is 0 Å². The average molecular weight is 250 g/mol. The molecule has 0 aliphatic carbocycles. The van der Waals surface area contributed by atoms with E-state index in [1.165, 1.54) is 0 Å². The van der Waals surface area contributed by atoms with Crippen molar-refractivity contribution in [3.05, 3.63) is 24.0 Å². The van der Waals surface area contributed by atoms with Crippen LogP contribution in [0.15, 0.2) is 23.5 Å². The maximum Gasteiger partial charge on any atom is 0.188 e. The van der Waals surface area contributed by atoms with Gasteiger partial charge in [-0.3, -0.25) is 4.98 Å². The second-order valence-corrected chi connectivity index (χ2v) is 4.87. The lowest BCUT2D eigenvalue weighted by molar-refractivity contribution is 0.0351. The molecule has 6 heteroatoms. The van der Waals surface area contributed by atoms with Crippen molar-refractivity contribution in [3.8, 4) is 0 Å². The fourth-order valence-corrected chi connectivity index (χ4v) is 2.02. The van der Waals surface area contributed by atoms with Crippen molar-refractivity contribution in [1.29, 1.82) is 0 Å². The van der Waals surface area contributed by atoms with E-state index in [-0.39, 0.29) is 5.84 Å². The van der Waals surface area contributed by atoms with Crippen molar-refractivity contribution in [2.75, 3.05) is 18.0 Å². The van der Waals surface area contributed by atoms with Crippen LogP contribution in [0.4, 0.5) is 5.69 Å². The molecule has 0 amide bonds. The number of hydrogen-bond donors (Lipinski definition) is 3. The van der Waals surface area contributed by atoms with Gasteiger partial charge >= 0.3 is 0 Å². The fourth-order valence-electron chi connectivity index (χ4n) is 2.02. The van der Waals surface area contributed by atoms with Gasteiger partial charge in [0.25, 0.3) is 0 Å². The van der Waals surface area contributed by atoms with Gasteiger partial charge in [0, 0.05) is 13.1 Å². The van der Waals surface area contributed by atoms with Gasteiger partial charge in [0.1, 0.15) is 5.69 Å². The highest BCUT2D eigenvalue weighted by Gasteiger charge is 2.27. The Morgan fingerprint density at radius 1 is 1.44 bits per heavy atom. The molecule has 0 unspecified atom stereocenters. The lowest BCUT2D eigenvalue weighted by Gasteiger charge is -2.36. The molecule has 2 heterocycles. The van der Waals surface area contributed by atoms with Crippen molar-refractivity contribution in [2.24, 2.45) is 10.9 Å². The lowest BCUT2D eigenvalue weighted by Crippen LogP contribution is -2.42. The molecule has 1 aliphatic heterocycles. The number of aromatic nitrogens is 1. The van der Waals surface area contributed by atoms with E-state index < -0.39 is 5.60 Å². The van der Waals surface area contributed by atoms with E-state index in [4.69, 9.17) is 10.9 Å². The Labute approximate surface area is 106 Å². The van der Waals surface area contributed by atoms with E-state index in [1.807, 2.05) is 13.0 Å². The number of rotatable bonds is 2. The van der Waals surface area contributed by atoms with E-state index in [0.29, 0.717) is 5.69 Å². The highest BCUT2D eigenvalue weighted by molar-refractivity contribution is 5.95. The van der Waals surface area contributed by atoms with Crippen LogP contribution in [0, 0.1) is 0 Å². The molecular weight excluding hydrogens is 232 g/mol. The van der Waals surface area contributed by atoms with Gasteiger partial charge in [-0.2, -0.15) is 0 Å². The predicted octanol–water partition coefficient (Wildman–Crippen LogP) is 0.527. The Morgan fingerprint density at radius 3 is 2.61 bits per heavy atom. The number of pyridine rings is 1. The fraction of sp³-hybridized carbons (Fsp3) is 0.500. The largest absolute Gasteiger partial charge is 0.409 e. The predicted molar refractivity (Wildman–Crippen MR) is 68.8 cm³/mol. The third-order valence-electron chi connectivity index (χ3n) is 3.32. The van der Waals surface area contributed by atoms with Crippen LogP contribution in [0.5, 0.6) is 0 Å². The normalized spacial score (nSPS) is 19.9. The number of aliphatic hydroxyl groups is 1. The van der Waals surface area contributed by atoms with Gasteiger partial charge in [0.2, 0.25) is 0 Å². The number of hydrogen-bond acceptors (Lipinski definition) is 5. The van der Waals surface area contributed by atoms with Crippen LogP contribution < -0.4 is 10.6 Å². The van der Waals surface area contributed by atoms with Crippen LogP contribution in [0.1, 0.15) is 25.5 Å². The average Bonchev–Trinajstić information content (AvgIpc) is 2.38. The van der Waals surface area contributed by atoms with Gasteiger partial charge in [-0.15, -0.1) is 0 Å². The molecule has 4 N–H and O–H groups in total. The molecule has 1 aliphatic rings. The Kier molecular flexibility index (Phi) is 3.38. The monoisotopic (exact) mass is 250 g/mol. The standard InChI is InChI=1S/C12H18N4O2/c1-12(17)4-6-16(7-5-12)9-2-3-10(14-8-9)11(13)15-18/h2-3,8,17-18H,4-7H2,1H3,(H2,13,15). The lowest BCUT2D eigenvalue weighted by atomic mass is 9.94. The summed E-state index contributed by atoms with van der Waals surface area (Å²) in [6, 6.07) is 3.61. The first-order chi connectivity index (χ1) is 8.52. The molecule has 0 atom stereocenters. The quantitative estimate of drug-likeness (QED) is 0.308. The summed E-state index contributed by atoms with van der Waals surface area (Å²) in [7, 11) is 0. The molecule has 18 heavy (non-hydrogen) atoms. The number of amidine groups is 1. The Bertz CT molecular complexity index is 432. The van der Waals surface area contributed by atoms with Crippen LogP contribution in [-0.2, 0) is 0 Å². The summed E-state index contributed by atoms with van der Waals surface area (Å²) >= 11 is 0. The van der Waals surface area contributed by atoms with Gasteiger partial charge in [-0.25, -0.2) is 0 Å². The first kappa shape index (κ1) is 12.6.